The summed E-state index contributed by atoms with van der Waals surface area (Å²) >= 11 is 0. The van der Waals surface area contributed by atoms with Crippen LogP contribution in [0.4, 0.5) is 5.69 Å². The van der Waals surface area contributed by atoms with Crippen LogP contribution < -0.4 is 11.1 Å². The molecule has 2 aromatic rings. The number of nitrogens with zero attached hydrogens (tertiary/aromatic N) is 2. The molecule has 25 heavy (non-hydrogen) atoms. The number of carbonyl (C=O) groups excluding carboxylic acids is 2. The third-order valence-electron chi connectivity index (χ3n) is 4.51. The fourth-order valence-corrected chi connectivity index (χ4v) is 2.85. The highest BCUT2D eigenvalue weighted by Gasteiger charge is 2.18. The summed E-state index contributed by atoms with van der Waals surface area (Å²) in [4.78, 5) is 26.2. The number of nitrogens with two attached hydrogens (primary N) is 1. The lowest BCUT2D eigenvalue weighted by Crippen LogP contribution is -2.42. The number of morpholine rings is 1. The Bertz CT molecular complexity index is 765. The zero-order chi connectivity index (χ0) is 17.8. The maximum Gasteiger partial charge on any atom is 0.242 e. The Hall–Kier alpha value is -2.38. The molecule has 2 amide bonds. The first-order valence-electron chi connectivity index (χ1n) is 8.54. The van der Waals surface area contributed by atoms with E-state index in [1.54, 1.807) is 6.92 Å². The Labute approximate surface area is 146 Å². The number of ether oxygens (including phenoxy) is 1. The quantitative estimate of drug-likeness (QED) is 0.848. The van der Waals surface area contributed by atoms with Crippen molar-refractivity contribution >= 4 is 28.4 Å². The minimum absolute atomic E-state index is 0.0925. The summed E-state index contributed by atoms with van der Waals surface area (Å²) in [6.45, 7) is 4.90. The average Bonchev–Trinajstić information content (AvgIpc) is 3.03. The molecule has 134 valence electrons. The molecule has 2 heterocycles. The Morgan fingerprint density at radius 2 is 2.04 bits per heavy atom. The molecule has 1 atom stereocenters. The third kappa shape index (κ3) is 4.00. The largest absolute Gasteiger partial charge is 0.378 e. The van der Waals surface area contributed by atoms with Gasteiger partial charge in [0, 0.05) is 48.3 Å². The second-order valence-electron chi connectivity index (χ2n) is 6.34. The van der Waals surface area contributed by atoms with Gasteiger partial charge in [0.15, 0.2) is 0 Å². The maximum atomic E-state index is 12.4. The van der Waals surface area contributed by atoms with Crippen molar-refractivity contribution in [2.24, 2.45) is 11.7 Å². The van der Waals surface area contributed by atoms with E-state index in [1.807, 2.05) is 39.9 Å². The lowest BCUT2D eigenvalue weighted by atomic mass is 10.1. The van der Waals surface area contributed by atoms with Crippen LogP contribution in [0.5, 0.6) is 0 Å². The molecule has 3 rings (SSSR count). The fourth-order valence-electron chi connectivity index (χ4n) is 2.85. The molecule has 0 radical (unpaired) electrons. The minimum Gasteiger partial charge on any atom is -0.378 e. The molecule has 1 aliphatic rings. The number of benzene rings is 1. The van der Waals surface area contributed by atoms with E-state index in [9.17, 15) is 9.59 Å². The molecule has 7 heteroatoms. The van der Waals surface area contributed by atoms with Gasteiger partial charge >= 0.3 is 0 Å². The number of anilines is 1. The van der Waals surface area contributed by atoms with Crippen molar-refractivity contribution in [3.63, 3.8) is 0 Å². The van der Waals surface area contributed by atoms with Gasteiger partial charge in [-0.05, 0) is 24.3 Å². The fraction of sp³-hybridized carbons (Fsp3) is 0.444. The molecule has 0 aliphatic carbocycles. The summed E-state index contributed by atoms with van der Waals surface area (Å²) in [5, 5.41) is 3.85. The summed E-state index contributed by atoms with van der Waals surface area (Å²) in [5.74, 6) is -0.231. The predicted octanol–water partition coefficient (Wildman–Crippen LogP) is 1.03. The van der Waals surface area contributed by atoms with Gasteiger partial charge in [-0.25, -0.2) is 0 Å². The number of carbonyl (C=O) groups is 2. The highest BCUT2D eigenvalue weighted by Crippen LogP contribution is 2.21. The standard InChI is InChI=1S/C18H24N4O3/c1-13(11-19)18(24)20-15-2-3-16-14(10-15)4-5-22(16)12-17(23)21-6-8-25-9-7-21/h2-5,10,13H,6-9,11-12,19H2,1H3,(H,20,24). The first-order chi connectivity index (χ1) is 12.1. The first kappa shape index (κ1) is 17.4. The van der Waals surface area contributed by atoms with Crippen LogP contribution in [-0.4, -0.2) is 54.1 Å². The minimum atomic E-state index is -0.230. The van der Waals surface area contributed by atoms with Gasteiger partial charge in [0.05, 0.1) is 13.2 Å². The van der Waals surface area contributed by atoms with Crippen molar-refractivity contribution in [2.45, 2.75) is 13.5 Å². The van der Waals surface area contributed by atoms with Crippen LogP contribution in [0.15, 0.2) is 30.5 Å². The van der Waals surface area contributed by atoms with Gasteiger partial charge in [-0.15, -0.1) is 0 Å². The zero-order valence-electron chi connectivity index (χ0n) is 14.4. The average molecular weight is 344 g/mol. The summed E-state index contributed by atoms with van der Waals surface area (Å²) in [6, 6.07) is 7.62. The normalized spacial score (nSPS) is 16.0. The molecule has 1 unspecified atom stereocenters. The van der Waals surface area contributed by atoms with Crippen molar-refractivity contribution in [3.8, 4) is 0 Å². The molecule has 1 aromatic carbocycles. The van der Waals surface area contributed by atoms with E-state index in [4.69, 9.17) is 10.5 Å². The van der Waals surface area contributed by atoms with Gasteiger partial charge in [-0.2, -0.15) is 0 Å². The molecule has 7 nitrogen and oxygen atoms in total. The van der Waals surface area contributed by atoms with Crippen molar-refractivity contribution < 1.29 is 14.3 Å². The smallest absolute Gasteiger partial charge is 0.242 e. The summed E-state index contributed by atoms with van der Waals surface area (Å²) < 4.78 is 7.21. The number of rotatable bonds is 5. The molecule has 0 bridgehead atoms. The Morgan fingerprint density at radius 1 is 1.28 bits per heavy atom. The van der Waals surface area contributed by atoms with E-state index in [0.717, 1.165) is 16.6 Å². The van der Waals surface area contributed by atoms with Gasteiger partial charge in [0.2, 0.25) is 11.8 Å². The number of aromatic nitrogens is 1. The monoisotopic (exact) mass is 344 g/mol. The second-order valence-corrected chi connectivity index (χ2v) is 6.34. The van der Waals surface area contributed by atoms with Crippen LogP contribution >= 0.6 is 0 Å². The summed E-state index contributed by atoms with van der Waals surface area (Å²) in [5.41, 5.74) is 7.22. The van der Waals surface area contributed by atoms with Gasteiger partial charge in [-0.1, -0.05) is 6.92 Å². The second kappa shape index (κ2) is 7.67. The molecule has 1 fully saturated rings. The SMILES string of the molecule is CC(CN)C(=O)Nc1ccc2c(ccn2CC(=O)N2CCOCC2)c1. The van der Waals surface area contributed by atoms with Crippen LogP contribution in [0.2, 0.25) is 0 Å². The van der Waals surface area contributed by atoms with E-state index in [0.29, 0.717) is 39.4 Å². The molecule has 1 aromatic heterocycles. The number of hydrogen-bond donors (Lipinski definition) is 2. The van der Waals surface area contributed by atoms with Gasteiger partial charge in [-0.3, -0.25) is 9.59 Å². The molecule has 1 aliphatic heterocycles. The lowest BCUT2D eigenvalue weighted by molar-refractivity contribution is -0.135. The Kier molecular flexibility index (Phi) is 5.35. The topological polar surface area (TPSA) is 89.6 Å². The number of amides is 2. The van der Waals surface area contributed by atoms with Crippen molar-refractivity contribution in [1.29, 1.82) is 0 Å². The van der Waals surface area contributed by atoms with E-state index >= 15 is 0 Å². The van der Waals surface area contributed by atoms with Crippen molar-refractivity contribution in [2.75, 3.05) is 38.2 Å². The van der Waals surface area contributed by atoms with E-state index in [2.05, 4.69) is 5.32 Å². The lowest BCUT2D eigenvalue weighted by Gasteiger charge is -2.27. The molecule has 0 spiro atoms. The zero-order valence-corrected chi connectivity index (χ0v) is 14.4. The summed E-state index contributed by atoms with van der Waals surface area (Å²) in [6.07, 6.45) is 1.90. The van der Waals surface area contributed by atoms with Crippen molar-refractivity contribution in [3.05, 3.63) is 30.5 Å². The highest BCUT2D eigenvalue weighted by molar-refractivity contribution is 5.95. The van der Waals surface area contributed by atoms with E-state index in [-0.39, 0.29) is 17.7 Å². The van der Waals surface area contributed by atoms with Crippen LogP contribution in [0.25, 0.3) is 10.9 Å². The van der Waals surface area contributed by atoms with Gasteiger partial charge in [0.25, 0.3) is 0 Å². The van der Waals surface area contributed by atoms with Crippen LogP contribution in [-0.2, 0) is 20.9 Å². The molecule has 0 saturated carbocycles. The number of nitrogens with one attached hydrogen (secondary N) is 1. The number of hydrogen-bond acceptors (Lipinski definition) is 4. The van der Waals surface area contributed by atoms with E-state index < -0.39 is 0 Å². The molecular formula is C18H24N4O3. The predicted molar refractivity (Wildman–Crippen MR) is 96.2 cm³/mol. The molecular weight excluding hydrogens is 320 g/mol. The maximum absolute atomic E-state index is 12.4. The van der Waals surface area contributed by atoms with Crippen LogP contribution in [0.1, 0.15) is 6.92 Å². The van der Waals surface area contributed by atoms with Gasteiger partial charge in [0.1, 0.15) is 6.54 Å². The van der Waals surface area contributed by atoms with E-state index in [1.165, 1.54) is 0 Å². The molecule has 1 saturated heterocycles. The molecule has 3 N–H and O–H groups in total. The van der Waals surface area contributed by atoms with Crippen LogP contribution in [0, 0.1) is 5.92 Å². The van der Waals surface area contributed by atoms with Crippen LogP contribution in [0.3, 0.4) is 0 Å². The Morgan fingerprint density at radius 3 is 2.76 bits per heavy atom. The third-order valence-corrected chi connectivity index (χ3v) is 4.51. The first-order valence-corrected chi connectivity index (χ1v) is 8.54. The summed E-state index contributed by atoms with van der Waals surface area (Å²) in [7, 11) is 0. The van der Waals surface area contributed by atoms with Gasteiger partial charge < -0.3 is 25.3 Å². The highest BCUT2D eigenvalue weighted by atomic mass is 16.5. The van der Waals surface area contributed by atoms with Crippen molar-refractivity contribution in [1.82, 2.24) is 9.47 Å². The Balaban J connectivity index is 1.71. The number of fused-ring (bicyclic) bond motifs is 1.